The maximum atomic E-state index is 8.87. The molecule has 0 aliphatic carbocycles. The average Bonchev–Trinajstić information content (AvgIpc) is 2.18. The molecule has 0 bridgehead atoms. The molecule has 0 aliphatic heterocycles. The van der Waals surface area contributed by atoms with Gasteiger partial charge >= 0.3 is 0 Å². The van der Waals surface area contributed by atoms with Gasteiger partial charge in [0.15, 0.2) is 0 Å². The normalized spacial score (nSPS) is 9.93. The van der Waals surface area contributed by atoms with Crippen molar-refractivity contribution in [3.63, 3.8) is 0 Å². The number of rotatable bonds is 4. The van der Waals surface area contributed by atoms with Crippen molar-refractivity contribution in [2.24, 2.45) is 0 Å². The van der Waals surface area contributed by atoms with Crippen LogP contribution in [-0.4, -0.2) is 4.98 Å². The maximum Gasteiger partial charge on any atom is 0.121 e. The summed E-state index contributed by atoms with van der Waals surface area (Å²) < 4.78 is 0.573. The van der Waals surface area contributed by atoms with Crippen molar-refractivity contribution < 1.29 is 0 Å². The number of aromatic nitrogens is 1. The average molecular weight is 220 g/mol. The van der Waals surface area contributed by atoms with Crippen LogP contribution in [0, 0.1) is 22.9 Å². The third kappa shape index (κ3) is 3.17. The molecule has 0 saturated heterocycles. The molecule has 1 heterocycles. The Bertz CT molecular complexity index is 426. The zero-order valence-corrected chi connectivity index (χ0v) is 10.1. The molecule has 0 amide bonds. The van der Waals surface area contributed by atoms with Crippen molar-refractivity contribution in [2.75, 3.05) is 0 Å². The number of hydrogen-bond donors (Lipinski definition) is 1. The van der Waals surface area contributed by atoms with E-state index < -0.39 is 0 Å². The quantitative estimate of drug-likeness (QED) is 0.621. The van der Waals surface area contributed by atoms with Crippen LogP contribution in [0.2, 0.25) is 0 Å². The van der Waals surface area contributed by atoms with Crippen LogP contribution < -0.4 is 0 Å². The lowest BCUT2D eigenvalue weighted by atomic mass is 10.1. The Kier molecular flexibility index (Phi) is 4.51. The van der Waals surface area contributed by atoms with E-state index >= 15 is 0 Å². The molecule has 0 fully saturated rings. The standard InChI is InChI=1S/C12H16N2S/c1-3-4-5-6-10-7-9(2)11(8-13)12(15)14-10/h7H,3-6H2,1-2H3,(H,14,15). The first-order chi connectivity index (χ1) is 7.19. The van der Waals surface area contributed by atoms with Crippen molar-refractivity contribution >= 4 is 12.2 Å². The predicted molar refractivity (Wildman–Crippen MR) is 64.3 cm³/mol. The lowest BCUT2D eigenvalue weighted by Gasteiger charge is -2.04. The third-order valence-corrected chi connectivity index (χ3v) is 2.75. The van der Waals surface area contributed by atoms with Crippen LogP contribution in [0.5, 0.6) is 0 Å². The van der Waals surface area contributed by atoms with Crippen LogP contribution in [0.15, 0.2) is 6.07 Å². The van der Waals surface area contributed by atoms with E-state index in [1.165, 1.54) is 19.3 Å². The van der Waals surface area contributed by atoms with Crippen LogP contribution in [0.25, 0.3) is 0 Å². The van der Waals surface area contributed by atoms with Crippen molar-refractivity contribution in [1.82, 2.24) is 4.98 Å². The highest BCUT2D eigenvalue weighted by atomic mass is 32.1. The molecule has 0 radical (unpaired) electrons. The number of nitriles is 1. The second kappa shape index (κ2) is 5.67. The molecule has 80 valence electrons. The van der Waals surface area contributed by atoms with Gasteiger partial charge in [-0.2, -0.15) is 5.26 Å². The molecule has 1 N–H and O–H groups in total. The van der Waals surface area contributed by atoms with Gasteiger partial charge in [0.25, 0.3) is 0 Å². The Morgan fingerprint density at radius 1 is 1.47 bits per heavy atom. The van der Waals surface area contributed by atoms with Crippen LogP contribution in [0.3, 0.4) is 0 Å². The van der Waals surface area contributed by atoms with Gasteiger partial charge in [-0.15, -0.1) is 0 Å². The Hall–Kier alpha value is -1.14. The SMILES string of the molecule is CCCCCc1cc(C)c(C#N)c(=S)[nH]1. The summed E-state index contributed by atoms with van der Waals surface area (Å²) in [4.78, 5) is 3.12. The number of nitrogens with one attached hydrogen (secondary N) is 1. The van der Waals surface area contributed by atoms with Crippen molar-refractivity contribution in [1.29, 1.82) is 5.26 Å². The van der Waals surface area contributed by atoms with Gasteiger partial charge in [0.05, 0.1) is 5.56 Å². The number of H-pyrrole nitrogens is 1. The number of nitrogens with zero attached hydrogens (tertiary/aromatic N) is 1. The van der Waals surface area contributed by atoms with Crippen LogP contribution in [0.1, 0.15) is 43.0 Å². The van der Waals surface area contributed by atoms with E-state index in [4.69, 9.17) is 17.5 Å². The molecular formula is C12H16N2S. The second-order valence-electron chi connectivity index (χ2n) is 3.75. The maximum absolute atomic E-state index is 8.87. The van der Waals surface area contributed by atoms with Crippen molar-refractivity contribution in [2.45, 2.75) is 39.5 Å². The molecular weight excluding hydrogens is 204 g/mol. The Balaban J connectivity index is 2.86. The number of aromatic amines is 1. The van der Waals surface area contributed by atoms with Crippen LogP contribution >= 0.6 is 12.2 Å². The zero-order valence-electron chi connectivity index (χ0n) is 9.26. The molecule has 0 unspecified atom stereocenters. The molecule has 0 aromatic carbocycles. The summed E-state index contributed by atoms with van der Waals surface area (Å²) in [6, 6.07) is 4.15. The minimum Gasteiger partial charge on any atom is -0.349 e. The van der Waals surface area contributed by atoms with E-state index in [2.05, 4.69) is 18.0 Å². The first-order valence-corrected chi connectivity index (χ1v) is 5.72. The molecule has 0 spiro atoms. The van der Waals surface area contributed by atoms with E-state index in [0.29, 0.717) is 10.2 Å². The molecule has 2 nitrogen and oxygen atoms in total. The van der Waals surface area contributed by atoms with Crippen molar-refractivity contribution in [3.8, 4) is 6.07 Å². The number of aryl methyl sites for hydroxylation is 2. The minimum atomic E-state index is 0.573. The molecule has 0 saturated carbocycles. The fourth-order valence-electron chi connectivity index (χ4n) is 1.60. The summed E-state index contributed by atoms with van der Waals surface area (Å²) in [5, 5.41) is 8.87. The van der Waals surface area contributed by atoms with Gasteiger partial charge in [-0.05, 0) is 31.4 Å². The summed E-state index contributed by atoms with van der Waals surface area (Å²) in [6.45, 7) is 4.12. The van der Waals surface area contributed by atoms with E-state index in [-0.39, 0.29) is 0 Å². The lowest BCUT2D eigenvalue weighted by molar-refractivity contribution is 0.706. The van der Waals surface area contributed by atoms with E-state index in [1.54, 1.807) is 0 Å². The first kappa shape index (κ1) is 11.9. The molecule has 0 aliphatic rings. The fourth-order valence-corrected chi connectivity index (χ4v) is 1.93. The Labute approximate surface area is 96.0 Å². The lowest BCUT2D eigenvalue weighted by Crippen LogP contribution is -1.95. The fraction of sp³-hybridized carbons (Fsp3) is 0.500. The molecule has 1 aromatic heterocycles. The van der Waals surface area contributed by atoms with Gasteiger partial charge in [-0.25, -0.2) is 0 Å². The Morgan fingerprint density at radius 2 is 2.20 bits per heavy atom. The number of unbranched alkanes of at least 4 members (excludes halogenated alkanes) is 2. The second-order valence-corrected chi connectivity index (χ2v) is 4.16. The van der Waals surface area contributed by atoms with Crippen LogP contribution in [0.4, 0.5) is 0 Å². The van der Waals surface area contributed by atoms with E-state index in [1.807, 2.05) is 13.0 Å². The molecule has 0 atom stereocenters. The van der Waals surface area contributed by atoms with Gasteiger partial charge in [0.1, 0.15) is 10.7 Å². The predicted octanol–water partition coefficient (Wildman–Crippen LogP) is 3.66. The third-order valence-electron chi connectivity index (χ3n) is 2.45. The highest BCUT2D eigenvalue weighted by Crippen LogP contribution is 2.11. The molecule has 1 aromatic rings. The van der Waals surface area contributed by atoms with Gasteiger partial charge < -0.3 is 4.98 Å². The number of pyridine rings is 1. The monoisotopic (exact) mass is 220 g/mol. The summed E-state index contributed by atoms with van der Waals surface area (Å²) in [5.41, 5.74) is 2.72. The summed E-state index contributed by atoms with van der Waals surface area (Å²) in [6.07, 6.45) is 4.65. The highest BCUT2D eigenvalue weighted by molar-refractivity contribution is 7.71. The minimum absolute atomic E-state index is 0.573. The first-order valence-electron chi connectivity index (χ1n) is 5.32. The van der Waals surface area contributed by atoms with E-state index in [0.717, 1.165) is 17.7 Å². The summed E-state index contributed by atoms with van der Waals surface area (Å²) in [7, 11) is 0. The molecule has 1 rings (SSSR count). The molecule has 3 heteroatoms. The topological polar surface area (TPSA) is 39.6 Å². The largest absolute Gasteiger partial charge is 0.349 e. The van der Waals surface area contributed by atoms with Gasteiger partial charge in [-0.1, -0.05) is 32.0 Å². The number of hydrogen-bond acceptors (Lipinski definition) is 2. The Morgan fingerprint density at radius 3 is 2.73 bits per heavy atom. The van der Waals surface area contributed by atoms with Gasteiger partial charge in [0.2, 0.25) is 0 Å². The summed E-state index contributed by atoms with van der Waals surface area (Å²) in [5.74, 6) is 0. The van der Waals surface area contributed by atoms with E-state index in [9.17, 15) is 0 Å². The van der Waals surface area contributed by atoms with Gasteiger partial charge in [0, 0.05) is 5.69 Å². The smallest absolute Gasteiger partial charge is 0.121 e. The zero-order chi connectivity index (χ0) is 11.3. The highest BCUT2D eigenvalue weighted by Gasteiger charge is 2.02. The van der Waals surface area contributed by atoms with Gasteiger partial charge in [-0.3, -0.25) is 0 Å². The van der Waals surface area contributed by atoms with Crippen molar-refractivity contribution in [3.05, 3.63) is 27.5 Å². The molecule has 15 heavy (non-hydrogen) atoms. The summed E-state index contributed by atoms with van der Waals surface area (Å²) >= 11 is 5.13. The van der Waals surface area contributed by atoms with Crippen LogP contribution in [-0.2, 0) is 6.42 Å².